The maximum absolute atomic E-state index is 14.5. The standard InChI is InChI=1S/C20H12F5N/c1-26-13-9-5-4-7-11(13)10-6-2-3-8-12(10)20(26)14-15(21)17(23)19(25)18(24)16(14)22/h2-9,20H,1H3. The van der Waals surface area contributed by atoms with E-state index < -0.39 is 40.7 Å². The van der Waals surface area contributed by atoms with Gasteiger partial charge in [0.05, 0.1) is 11.6 Å². The molecule has 1 unspecified atom stereocenters. The Labute approximate surface area is 146 Å². The van der Waals surface area contributed by atoms with Gasteiger partial charge in [0.1, 0.15) is 0 Å². The lowest BCUT2D eigenvalue weighted by molar-refractivity contribution is 0.366. The summed E-state index contributed by atoms with van der Waals surface area (Å²) in [6.07, 6.45) is 0. The molecule has 132 valence electrons. The molecule has 0 saturated heterocycles. The van der Waals surface area contributed by atoms with Gasteiger partial charge < -0.3 is 4.90 Å². The summed E-state index contributed by atoms with van der Waals surface area (Å²) in [5.41, 5.74) is 1.77. The molecule has 3 aromatic carbocycles. The van der Waals surface area contributed by atoms with Crippen LogP contribution in [0, 0.1) is 29.1 Å². The number of fused-ring (bicyclic) bond motifs is 3. The predicted molar refractivity (Wildman–Crippen MR) is 88.4 cm³/mol. The topological polar surface area (TPSA) is 3.24 Å². The van der Waals surface area contributed by atoms with Gasteiger partial charge in [0.15, 0.2) is 23.3 Å². The molecule has 1 aliphatic heterocycles. The van der Waals surface area contributed by atoms with E-state index in [1.807, 2.05) is 12.1 Å². The quantitative estimate of drug-likeness (QED) is 0.310. The minimum absolute atomic E-state index is 0.469. The lowest BCUT2D eigenvalue weighted by Crippen LogP contribution is -2.31. The van der Waals surface area contributed by atoms with Gasteiger partial charge in [-0.15, -0.1) is 0 Å². The van der Waals surface area contributed by atoms with Crippen LogP contribution in [0.3, 0.4) is 0 Å². The fraction of sp³-hybridized carbons (Fsp3) is 0.100. The van der Waals surface area contributed by atoms with Gasteiger partial charge in [0, 0.05) is 18.3 Å². The third-order valence-corrected chi connectivity index (χ3v) is 4.73. The van der Waals surface area contributed by atoms with Crippen molar-refractivity contribution in [1.29, 1.82) is 0 Å². The maximum Gasteiger partial charge on any atom is 0.200 e. The first-order valence-electron chi connectivity index (χ1n) is 7.86. The Balaban J connectivity index is 2.06. The Bertz CT molecular complexity index is 1000. The molecule has 6 heteroatoms. The summed E-state index contributed by atoms with van der Waals surface area (Å²) in [6, 6.07) is 12.8. The lowest BCUT2D eigenvalue weighted by Gasteiger charge is -2.38. The van der Waals surface area contributed by atoms with Crippen LogP contribution in [0.2, 0.25) is 0 Å². The minimum atomic E-state index is -2.16. The maximum atomic E-state index is 14.5. The Morgan fingerprint density at radius 3 is 1.81 bits per heavy atom. The van der Waals surface area contributed by atoms with Gasteiger partial charge in [0.25, 0.3) is 0 Å². The van der Waals surface area contributed by atoms with Crippen molar-refractivity contribution in [1.82, 2.24) is 0 Å². The van der Waals surface area contributed by atoms with E-state index in [9.17, 15) is 22.0 Å². The highest BCUT2D eigenvalue weighted by atomic mass is 19.2. The third kappa shape index (κ3) is 2.14. The van der Waals surface area contributed by atoms with Crippen LogP contribution in [0.5, 0.6) is 0 Å². The molecular weight excluding hydrogens is 349 g/mol. The third-order valence-electron chi connectivity index (χ3n) is 4.73. The first kappa shape index (κ1) is 16.6. The summed E-state index contributed by atoms with van der Waals surface area (Å²) >= 11 is 0. The second-order valence-electron chi connectivity index (χ2n) is 6.10. The van der Waals surface area contributed by atoms with E-state index in [0.29, 0.717) is 16.8 Å². The van der Waals surface area contributed by atoms with Crippen LogP contribution in [-0.4, -0.2) is 7.05 Å². The Morgan fingerprint density at radius 2 is 1.15 bits per heavy atom. The molecule has 0 fully saturated rings. The van der Waals surface area contributed by atoms with Crippen molar-refractivity contribution >= 4 is 5.69 Å². The van der Waals surface area contributed by atoms with E-state index in [4.69, 9.17) is 0 Å². The molecule has 0 spiro atoms. The van der Waals surface area contributed by atoms with E-state index in [2.05, 4.69) is 0 Å². The number of halogens is 5. The fourth-order valence-electron chi connectivity index (χ4n) is 3.55. The first-order chi connectivity index (χ1) is 12.4. The van der Waals surface area contributed by atoms with E-state index in [-0.39, 0.29) is 0 Å². The van der Waals surface area contributed by atoms with Crippen molar-refractivity contribution in [2.75, 3.05) is 11.9 Å². The van der Waals surface area contributed by atoms with Crippen molar-refractivity contribution in [2.45, 2.75) is 6.04 Å². The van der Waals surface area contributed by atoms with Crippen molar-refractivity contribution in [3.8, 4) is 11.1 Å². The molecule has 0 radical (unpaired) electrons. The van der Waals surface area contributed by atoms with Crippen molar-refractivity contribution in [3.05, 3.63) is 88.7 Å². The Hall–Kier alpha value is -2.89. The molecule has 0 saturated carbocycles. The normalized spacial score (nSPS) is 15.6. The van der Waals surface area contributed by atoms with Gasteiger partial charge in [-0.1, -0.05) is 42.5 Å². The lowest BCUT2D eigenvalue weighted by atomic mass is 9.85. The zero-order valence-corrected chi connectivity index (χ0v) is 13.5. The number of hydrogen-bond donors (Lipinski definition) is 0. The molecule has 26 heavy (non-hydrogen) atoms. The van der Waals surface area contributed by atoms with E-state index in [1.54, 1.807) is 43.4 Å². The molecule has 0 aromatic heterocycles. The summed E-state index contributed by atoms with van der Waals surface area (Å²) in [4.78, 5) is 1.52. The van der Waals surface area contributed by atoms with Crippen LogP contribution in [0.1, 0.15) is 17.2 Å². The zero-order valence-electron chi connectivity index (χ0n) is 13.5. The molecule has 0 amide bonds. The zero-order chi connectivity index (χ0) is 18.6. The number of rotatable bonds is 1. The minimum Gasteiger partial charge on any atom is -0.363 e. The van der Waals surface area contributed by atoms with Gasteiger partial charge >= 0.3 is 0 Å². The Kier molecular flexibility index (Phi) is 3.72. The second-order valence-corrected chi connectivity index (χ2v) is 6.10. The molecule has 0 aliphatic carbocycles. The van der Waals surface area contributed by atoms with Crippen LogP contribution >= 0.6 is 0 Å². The average molecular weight is 361 g/mol. The van der Waals surface area contributed by atoms with Crippen LogP contribution < -0.4 is 4.90 Å². The van der Waals surface area contributed by atoms with Crippen LogP contribution in [-0.2, 0) is 0 Å². The highest BCUT2D eigenvalue weighted by molar-refractivity contribution is 5.85. The summed E-state index contributed by atoms with van der Waals surface area (Å²) in [5, 5.41) is 0. The molecule has 0 N–H and O–H groups in total. The van der Waals surface area contributed by atoms with Gasteiger partial charge in [-0.3, -0.25) is 0 Å². The summed E-state index contributed by atoms with van der Waals surface area (Å²) in [7, 11) is 1.57. The van der Waals surface area contributed by atoms with Gasteiger partial charge in [0.2, 0.25) is 5.82 Å². The van der Waals surface area contributed by atoms with Gasteiger partial charge in [-0.05, 0) is 17.2 Å². The Morgan fingerprint density at radius 1 is 0.654 bits per heavy atom. The van der Waals surface area contributed by atoms with Crippen molar-refractivity contribution in [3.63, 3.8) is 0 Å². The predicted octanol–water partition coefficient (Wildman–Crippen LogP) is 5.59. The number of hydrogen-bond acceptors (Lipinski definition) is 1. The summed E-state index contributed by atoms with van der Waals surface area (Å²) in [6.45, 7) is 0. The van der Waals surface area contributed by atoms with Gasteiger partial charge in [-0.2, -0.15) is 0 Å². The highest BCUT2D eigenvalue weighted by Crippen LogP contribution is 2.47. The molecule has 1 atom stereocenters. The van der Waals surface area contributed by atoms with Crippen LogP contribution in [0.15, 0.2) is 48.5 Å². The number of anilines is 1. The fourth-order valence-corrected chi connectivity index (χ4v) is 3.55. The molecule has 1 aliphatic rings. The SMILES string of the molecule is CN1c2ccccc2-c2ccccc2C1c1c(F)c(F)c(F)c(F)c1F. The summed E-state index contributed by atoms with van der Waals surface area (Å²) in [5.74, 6) is -9.66. The monoisotopic (exact) mass is 361 g/mol. The van der Waals surface area contributed by atoms with Crippen LogP contribution in [0.4, 0.5) is 27.6 Å². The van der Waals surface area contributed by atoms with E-state index in [1.165, 1.54) is 4.90 Å². The van der Waals surface area contributed by atoms with Crippen molar-refractivity contribution in [2.24, 2.45) is 0 Å². The molecule has 1 nitrogen and oxygen atoms in total. The summed E-state index contributed by atoms with van der Waals surface area (Å²) < 4.78 is 70.0. The second kappa shape index (κ2) is 5.83. The molecular formula is C20H12F5N. The van der Waals surface area contributed by atoms with Gasteiger partial charge in [-0.25, -0.2) is 22.0 Å². The molecule has 4 rings (SSSR count). The smallest absolute Gasteiger partial charge is 0.200 e. The van der Waals surface area contributed by atoms with E-state index in [0.717, 1.165) is 5.56 Å². The highest BCUT2D eigenvalue weighted by Gasteiger charge is 2.37. The number of nitrogens with zero attached hydrogens (tertiary/aromatic N) is 1. The largest absolute Gasteiger partial charge is 0.363 e. The first-order valence-corrected chi connectivity index (χ1v) is 7.86. The number of para-hydroxylation sites is 1. The van der Waals surface area contributed by atoms with Crippen molar-refractivity contribution < 1.29 is 22.0 Å². The average Bonchev–Trinajstić information content (AvgIpc) is 2.67. The van der Waals surface area contributed by atoms with Crippen LogP contribution in [0.25, 0.3) is 11.1 Å². The molecule has 3 aromatic rings. The number of benzene rings is 3. The van der Waals surface area contributed by atoms with E-state index >= 15 is 0 Å². The molecule has 0 bridgehead atoms. The molecule has 1 heterocycles.